The molecular weight excluding hydrogens is 893 g/mol. The number of nitrogens with zero attached hydrogens (tertiary/aromatic N) is 5. The number of nitrogens with one attached hydrogen (secondary N) is 3. The standard InChI is InChI=1S/C49H66N8O10S/c1-30-43(68-29-52-30)32-12-10-31(11-13-32)23-51-45(60)39-22-34(58)24-57(39)47(62)44(49(2,3)4)53-42(59)28-67-19-18-66-17-15-50-48(63)56-16-14-35-36(26-55(7)46(61)37(35)27-56)33-20-40(64-8)38(25-54(5)6)41(21-33)65-9/h10-13,20-21,26,29,34,39,44,58H,14-19,22-25,27-28H2,1-9H3,(H,50,63)(H,51,60)(H,53,59)/t34-,39+,44?/m1/s1. The van der Waals surface area contributed by atoms with Crippen molar-refractivity contribution >= 4 is 35.1 Å². The van der Waals surface area contributed by atoms with Crippen molar-refractivity contribution in [1.29, 1.82) is 0 Å². The second-order valence-electron chi connectivity index (χ2n) is 18.5. The molecule has 1 unspecified atom stereocenters. The summed E-state index contributed by atoms with van der Waals surface area (Å²) in [6.07, 6.45) is 1.49. The van der Waals surface area contributed by atoms with Crippen LogP contribution in [0.1, 0.15) is 55.1 Å². The van der Waals surface area contributed by atoms with Crippen LogP contribution in [-0.2, 0) is 57.0 Å². The fourth-order valence-electron chi connectivity index (χ4n) is 8.54. The Labute approximate surface area is 401 Å². The first kappa shape index (κ1) is 51.5. The summed E-state index contributed by atoms with van der Waals surface area (Å²) in [4.78, 5) is 77.5. The van der Waals surface area contributed by atoms with Gasteiger partial charge in [0.2, 0.25) is 17.7 Å². The summed E-state index contributed by atoms with van der Waals surface area (Å²) in [5.41, 5.74) is 7.86. The van der Waals surface area contributed by atoms with E-state index in [0.29, 0.717) is 36.6 Å². The number of urea groups is 1. The molecule has 2 aromatic carbocycles. The van der Waals surface area contributed by atoms with E-state index in [0.717, 1.165) is 44.0 Å². The minimum atomic E-state index is -1.00. The minimum absolute atomic E-state index is 0.0385. The average Bonchev–Trinajstić information content (AvgIpc) is 3.93. The van der Waals surface area contributed by atoms with Gasteiger partial charge in [0.1, 0.15) is 30.2 Å². The summed E-state index contributed by atoms with van der Waals surface area (Å²) < 4.78 is 24.3. The number of carbonyl (C=O) groups is 4. The number of ether oxygens (including phenoxy) is 4. The third kappa shape index (κ3) is 12.6. The number of aryl methyl sites for hydroxylation is 2. The highest BCUT2D eigenvalue weighted by atomic mass is 32.1. The van der Waals surface area contributed by atoms with E-state index >= 15 is 0 Å². The zero-order chi connectivity index (χ0) is 49.3. The molecule has 0 bridgehead atoms. The fourth-order valence-corrected chi connectivity index (χ4v) is 9.36. The first-order chi connectivity index (χ1) is 32.4. The Balaban J connectivity index is 0.929. The van der Waals surface area contributed by atoms with Crippen LogP contribution in [0.15, 0.2) is 52.9 Å². The number of pyridine rings is 1. The van der Waals surface area contributed by atoms with Crippen molar-refractivity contribution in [3.8, 4) is 33.1 Å². The SMILES string of the molecule is COc1cc(-c2cn(C)c(=O)c3c2CCN(C(=O)NCCOCCOCC(=O)NC(C(=O)N2C[C@H](O)C[C@H]2C(=O)NCc2ccc(-c4scnc4C)cc2)C(C)(C)C)C3)cc(OC)c1CN(C)C. The third-order valence-corrected chi connectivity index (χ3v) is 13.1. The molecule has 0 radical (unpaired) electrons. The number of thiazole rings is 1. The smallest absolute Gasteiger partial charge is 0.317 e. The van der Waals surface area contributed by atoms with Gasteiger partial charge in [-0.1, -0.05) is 45.0 Å². The second-order valence-corrected chi connectivity index (χ2v) is 19.4. The number of benzene rings is 2. The number of β-amino-alcohol motifs (C(OH)–C–C–N with tert-alkyl or cyclic N) is 1. The molecule has 19 heteroatoms. The lowest BCUT2D eigenvalue weighted by Crippen LogP contribution is -2.58. The Morgan fingerprint density at radius 3 is 2.29 bits per heavy atom. The van der Waals surface area contributed by atoms with Crippen LogP contribution in [0.25, 0.3) is 21.6 Å². The number of aliphatic hydroxyl groups excluding tert-OH is 1. The van der Waals surface area contributed by atoms with Crippen molar-refractivity contribution in [1.82, 2.24) is 40.2 Å². The number of hydrogen-bond acceptors (Lipinski definition) is 13. The van der Waals surface area contributed by atoms with Crippen LogP contribution in [-0.4, -0.2) is 146 Å². The van der Waals surface area contributed by atoms with Gasteiger partial charge in [-0.05, 0) is 67.2 Å². The molecular formula is C49H66N8O10S. The van der Waals surface area contributed by atoms with Crippen LogP contribution in [0.3, 0.4) is 0 Å². The normalized spacial score (nSPS) is 16.3. The molecule has 1 saturated heterocycles. The zero-order valence-corrected chi connectivity index (χ0v) is 41.4. The van der Waals surface area contributed by atoms with Gasteiger partial charge in [-0.15, -0.1) is 11.3 Å². The molecule has 2 aliphatic heterocycles. The van der Waals surface area contributed by atoms with Gasteiger partial charge >= 0.3 is 6.03 Å². The van der Waals surface area contributed by atoms with Crippen molar-refractivity contribution in [3.05, 3.63) is 86.4 Å². The highest BCUT2D eigenvalue weighted by Crippen LogP contribution is 2.38. The van der Waals surface area contributed by atoms with Gasteiger partial charge in [-0.2, -0.15) is 0 Å². The van der Waals surface area contributed by atoms with E-state index in [1.165, 1.54) is 9.47 Å². The summed E-state index contributed by atoms with van der Waals surface area (Å²) in [5.74, 6) is -0.0199. The lowest BCUT2D eigenvalue weighted by molar-refractivity contribution is -0.144. The summed E-state index contributed by atoms with van der Waals surface area (Å²) in [7, 11) is 8.89. The number of carbonyl (C=O) groups excluding carboxylic acids is 4. The van der Waals surface area contributed by atoms with Crippen molar-refractivity contribution in [2.75, 3.05) is 74.4 Å². The fraction of sp³-hybridized carbons (Fsp3) is 0.510. The molecule has 5 amide bonds. The molecule has 368 valence electrons. The molecule has 0 spiro atoms. The number of fused-ring (bicyclic) bond motifs is 1. The van der Waals surface area contributed by atoms with Gasteiger partial charge in [-0.3, -0.25) is 19.2 Å². The number of amides is 5. The Kier molecular flexibility index (Phi) is 17.4. The predicted octanol–water partition coefficient (Wildman–Crippen LogP) is 3.47. The van der Waals surface area contributed by atoms with Gasteiger partial charge in [0, 0.05) is 63.5 Å². The van der Waals surface area contributed by atoms with Crippen molar-refractivity contribution in [2.24, 2.45) is 12.5 Å². The molecule has 3 atom stereocenters. The van der Waals surface area contributed by atoms with Crippen molar-refractivity contribution in [2.45, 2.75) is 78.4 Å². The van der Waals surface area contributed by atoms with E-state index in [-0.39, 0.29) is 76.5 Å². The molecule has 1 fully saturated rings. The third-order valence-electron chi connectivity index (χ3n) is 12.1. The number of hydrogen-bond donors (Lipinski definition) is 4. The zero-order valence-electron chi connectivity index (χ0n) is 40.6. The lowest BCUT2D eigenvalue weighted by atomic mass is 9.85. The molecule has 2 aromatic heterocycles. The molecule has 2 aliphatic rings. The monoisotopic (exact) mass is 958 g/mol. The van der Waals surface area contributed by atoms with Crippen LogP contribution >= 0.6 is 11.3 Å². The summed E-state index contributed by atoms with van der Waals surface area (Å²) in [6, 6.07) is 9.52. The van der Waals surface area contributed by atoms with E-state index in [4.69, 9.17) is 18.9 Å². The summed E-state index contributed by atoms with van der Waals surface area (Å²) in [5, 5.41) is 19.1. The Morgan fingerprint density at radius 1 is 0.971 bits per heavy atom. The quantitative estimate of drug-likeness (QED) is 0.0998. The Morgan fingerprint density at radius 2 is 1.66 bits per heavy atom. The topological polar surface area (TPSA) is 206 Å². The van der Waals surface area contributed by atoms with Gasteiger partial charge in [0.15, 0.2) is 0 Å². The van der Waals surface area contributed by atoms with E-state index in [9.17, 15) is 29.1 Å². The van der Waals surface area contributed by atoms with Crippen LogP contribution in [0.5, 0.6) is 11.5 Å². The maximum atomic E-state index is 14.0. The average molecular weight is 959 g/mol. The van der Waals surface area contributed by atoms with Gasteiger partial charge < -0.3 is 59.3 Å². The molecule has 4 N–H and O–H groups in total. The molecule has 4 heterocycles. The van der Waals surface area contributed by atoms with E-state index in [1.54, 1.807) is 43.0 Å². The first-order valence-electron chi connectivity index (χ1n) is 22.7. The minimum Gasteiger partial charge on any atom is -0.496 e. The predicted molar refractivity (Wildman–Crippen MR) is 258 cm³/mol. The largest absolute Gasteiger partial charge is 0.496 e. The number of likely N-dealkylation sites (tertiary alicyclic amines) is 1. The van der Waals surface area contributed by atoms with Crippen LogP contribution in [0, 0.1) is 12.3 Å². The van der Waals surface area contributed by atoms with Crippen LogP contribution in [0.4, 0.5) is 4.79 Å². The Hall–Kier alpha value is -5.86. The number of aromatic nitrogens is 2. The maximum Gasteiger partial charge on any atom is 0.317 e. The van der Waals surface area contributed by atoms with Crippen LogP contribution in [0.2, 0.25) is 0 Å². The second kappa shape index (κ2) is 23.0. The van der Waals surface area contributed by atoms with E-state index < -0.39 is 35.4 Å². The van der Waals surface area contributed by atoms with E-state index in [2.05, 4.69) is 20.9 Å². The van der Waals surface area contributed by atoms with Crippen molar-refractivity contribution < 1.29 is 43.2 Å². The first-order valence-corrected chi connectivity index (χ1v) is 23.6. The Bertz CT molecular complexity index is 2460. The molecule has 0 saturated carbocycles. The highest BCUT2D eigenvalue weighted by Gasteiger charge is 2.44. The number of rotatable bonds is 19. The lowest BCUT2D eigenvalue weighted by Gasteiger charge is -2.35. The molecule has 6 rings (SSSR count). The van der Waals surface area contributed by atoms with E-state index in [1.807, 2.05) is 89.3 Å². The van der Waals surface area contributed by atoms with Gasteiger partial charge in [-0.25, -0.2) is 9.78 Å². The summed E-state index contributed by atoms with van der Waals surface area (Å²) >= 11 is 1.56. The molecule has 4 aromatic rings. The van der Waals surface area contributed by atoms with Gasteiger partial charge in [0.05, 0.1) is 68.3 Å². The molecule has 68 heavy (non-hydrogen) atoms. The summed E-state index contributed by atoms with van der Waals surface area (Å²) in [6.45, 7) is 9.05. The molecule has 0 aliphatic carbocycles. The molecule has 18 nitrogen and oxygen atoms in total. The van der Waals surface area contributed by atoms with Gasteiger partial charge in [0.25, 0.3) is 5.56 Å². The van der Waals surface area contributed by atoms with Crippen molar-refractivity contribution in [3.63, 3.8) is 0 Å². The number of methoxy groups -OCH3 is 2. The number of aliphatic hydroxyl groups is 1. The highest BCUT2D eigenvalue weighted by molar-refractivity contribution is 7.13. The maximum absolute atomic E-state index is 14.0. The van der Waals surface area contributed by atoms with Crippen LogP contribution < -0.4 is 31.0 Å².